The first kappa shape index (κ1) is 16.1. The summed E-state index contributed by atoms with van der Waals surface area (Å²) in [5.41, 5.74) is 2.24. The molecule has 2 rings (SSSR count). The van der Waals surface area contributed by atoms with Crippen molar-refractivity contribution in [3.8, 4) is 0 Å². The molecule has 0 fully saturated rings. The molecule has 7 heteroatoms. The van der Waals surface area contributed by atoms with E-state index in [0.717, 1.165) is 17.1 Å². The normalized spacial score (nSPS) is 11.5. The molecule has 0 aliphatic rings. The molecule has 2 aromatic heterocycles. The number of carbonyl (C=O) groups is 1. The van der Waals surface area contributed by atoms with Gasteiger partial charge in [-0.05, 0) is 13.8 Å². The van der Waals surface area contributed by atoms with Gasteiger partial charge in [-0.25, -0.2) is 0 Å². The second kappa shape index (κ2) is 5.82. The van der Waals surface area contributed by atoms with E-state index in [1.807, 2.05) is 41.7 Å². The Bertz CT molecular complexity index is 647. The number of carbonyl (C=O) groups excluding carboxylic acids is 1. The molecule has 0 saturated heterocycles. The van der Waals surface area contributed by atoms with Crippen LogP contribution in [0.3, 0.4) is 0 Å². The van der Waals surface area contributed by atoms with Crippen molar-refractivity contribution in [2.45, 2.75) is 40.0 Å². The summed E-state index contributed by atoms with van der Waals surface area (Å²) < 4.78 is 10.3. The van der Waals surface area contributed by atoms with Crippen LogP contribution >= 0.6 is 0 Å². The molecule has 0 spiro atoms. The summed E-state index contributed by atoms with van der Waals surface area (Å²) in [5, 5.41) is 10.6. The third-order valence-corrected chi connectivity index (χ3v) is 3.30. The van der Waals surface area contributed by atoms with E-state index in [0.29, 0.717) is 11.6 Å². The molecule has 0 saturated carbocycles. The fourth-order valence-electron chi connectivity index (χ4n) is 2.18. The van der Waals surface area contributed by atoms with Crippen LogP contribution in [0.4, 0.5) is 11.6 Å². The molecule has 1 amide bonds. The average Bonchev–Trinajstić information content (AvgIpc) is 2.96. The first-order chi connectivity index (χ1) is 10.2. The predicted molar refractivity (Wildman–Crippen MR) is 83.1 cm³/mol. The lowest BCUT2D eigenvalue weighted by Gasteiger charge is -2.17. The molecule has 2 aromatic rings. The van der Waals surface area contributed by atoms with E-state index in [1.165, 1.54) is 0 Å². The summed E-state index contributed by atoms with van der Waals surface area (Å²) in [6, 6.07) is 1.74. The second-order valence-corrected chi connectivity index (χ2v) is 6.40. The van der Waals surface area contributed by atoms with Crippen molar-refractivity contribution in [3.63, 3.8) is 0 Å². The Morgan fingerprint density at radius 1 is 1.27 bits per heavy atom. The summed E-state index contributed by atoms with van der Waals surface area (Å²) in [7, 11) is 1.81. The smallest absolute Gasteiger partial charge is 0.246 e. The first-order valence-electron chi connectivity index (χ1n) is 7.09. The van der Waals surface area contributed by atoms with Crippen LogP contribution in [0, 0.1) is 13.8 Å². The third kappa shape index (κ3) is 3.47. The molecule has 120 valence electrons. The molecule has 0 atom stereocenters. The standard InChI is InChI=1S/C15H22N4O3/c1-9-14(10(2)21-17-9)19(6)8-12(20)16-13-7-11(18-22-13)15(3,4)5/h7H,8H2,1-6H3,(H,16,20). The van der Waals surface area contributed by atoms with Gasteiger partial charge < -0.3 is 13.9 Å². The van der Waals surface area contributed by atoms with Crippen molar-refractivity contribution in [2.75, 3.05) is 23.8 Å². The number of hydrogen-bond donors (Lipinski definition) is 1. The number of hydrogen-bond acceptors (Lipinski definition) is 6. The predicted octanol–water partition coefficient (Wildman–Crippen LogP) is 2.65. The molecular weight excluding hydrogens is 284 g/mol. The highest BCUT2D eigenvalue weighted by molar-refractivity contribution is 5.93. The van der Waals surface area contributed by atoms with Gasteiger partial charge >= 0.3 is 0 Å². The molecule has 0 aromatic carbocycles. The molecule has 2 heterocycles. The fourth-order valence-corrected chi connectivity index (χ4v) is 2.18. The molecular formula is C15H22N4O3. The van der Waals surface area contributed by atoms with Gasteiger partial charge in [-0.2, -0.15) is 0 Å². The van der Waals surface area contributed by atoms with Gasteiger partial charge in [0, 0.05) is 18.5 Å². The van der Waals surface area contributed by atoms with Crippen LogP contribution in [0.15, 0.2) is 15.1 Å². The Morgan fingerprint density at radius 2 is 1.95 bits per heavy atom. The lowest BCUT2D eigenvalue weighted by Crippen LogP contribution is -2.30. The van der Waals surface area contributed by atoms with E-state index in [1.54, 1.807) is 11.0 Å². The Hall–Kier alpha value is -2.31. The molecule has 0 aliphatic heterocycles. The third-order valence-electron chi connectivity index (χ3n) is 3.30. The summed E-state index contributed by atoms with van der Waals surface area (Å²) >= 11 is 0. The molecule has 1 N–H and O–H groups in total. The number of nitrogens with zero attached hydrogens (tertiary/aromatic N) is 3. The zero-order valence-electron chi connectivity index (χ0n) is 13.9. The minimum Gasteiger partial charge on any atom is -0.361 e. The average molecular weight is 306 g/mol. The van der Waals surface area contributed by atoms with Gasteiger partial charge in [0.1, 0.15) is 11.4 Å². The van der Waals surface area contributed by atoms with Crippen LogP contribution < -0.4 is 10.2 Å². The fraction of sp³-hybridized carbons (Fsp3) is 0.533. The van der Waals surface area contributed by atoms with Crippen molar-refractivity contribution in [3.05, 3.63) is 23.2 Å². The van der Waals surface area contributed by atoms with E-state index in [9.17, 15) is 4.79 Å². The van der Waals surface area contributed by atoms with Gasteiger partial charge in [-0.1, -0.05) is 31.1 Å². The number of anilines is 2. The number of rotatable bonds is 4. The Balaban J connectivity index is 2.00. The quantitative estimate of drug-likeness (QED) is 0.934. The number of nitrogens with one attached hydrogen (secondary N) is 1. The van der Waals surface area contributed by atoms with Crippen LogP contribution in [0.25, 0.3) is 0 Å². The number of aryl methyl sites for hydroxylation is 2. The highest BCUT2D eigenvalue weighted by atomic mass is 16.5. The topological polar surface area (TPSA) is 84.4 Å². The van der Waals surface area contributed by atoms with Crippen LogP contribution in [0.2, 0.25) is 0 Å². The van der Waals surface area contributed by atoms with Crippen molar-refractivity contribution in [1.29, 1.82) is 0 Å². The maximum atomic E-state index is 12.1. The number of likely N-dealkylation sites (N-methyl/N-ethyl adjacent to an activating group) is 1. The van der Waals surface area contributed by atoms with Crippen LogP contribution in [-0.2, 0) is 10.2 Å². The minimum atomic E-state index is -0.195. The SMILES string of the molecule is Cc1noc(C)c1N(C)CC(=O)Nc1cc(C(C)(C)C)no1. The van der Waals surface area contributed by atoms with Crippen LogP contribution in [0.5, 0.6) is 0 Å². The number of amides is 1. The molecule has 0 bridgehead atoms. The Morgan fingerprint density at radius 3 is 2.45 bits per heavy atom. The van der Waals surface area contributed by atoms with Gasteiger partial charge in [0.15, 0.2) is 5.76 Å². The van der Waals surface area contributed by atoms with Crippen LogP contribution in [0.1, 0.15) is 37.9 Å². The molecule has 0 unspecified atom stereocenters. The molecule has 22 heavy (non-hydrogen) atoms. The summed E-state index contributed by atoms with van der Waals surface area (Å²) in [4.78, 5) is 13.9. The first-order valence-corrected chi connectivity index (χ1v) is 7.09. The van der Waals surface area contributed by atoms with Crippen molar-refractivity contribution in [2.24, 2.45) is 0 Å². The minimum absolute atomic E-state index is 0.125. The van der Waals surface area contributed by atoms with Crippen LogP contribution in [-0.4, -0.2) is 29.8 Å². The maximum Gasteiger partial charge on any atom is 0.246 e. The van der Waals surface area contributed by atoms with Gasteiger partial charge in [0.05, 0.1) is 12.2 Å². The van der Waals surface area contributed by atoms with Gasteiger partial charge in [-0.15, -0.1) is 0 Å². The maximum absolute atomic E-state index is 12.1. The molecule has 7 nitrogen and oxygen atoms in total. The second-order valence-electron chi connectivity index (χ2n) is 6.40. The zero-order valence-corrected chi connectivity index (χ0v) is 13.9. The zero-order chi connectivity index (χ0) is 16.5. The van der Waals surface area contributed by atoms with Crippen molar-refractivity contribution >= 4 is 17.5 Å². The molecule has 0 aliphatic carbocycles. The van der Waals surface area contributed by atoms with Crippen molar-refractivity contribution in [1.82, 2.24) is 10.3 Å². The highest BCUT2D eigenvalue weighted by Gasteiger charge is 2.21. The van der Waals surface area contributed by atoms with Gasteiger partial charge in [-0.3, -0.25) is 10.1 Å². The van der Waals surface area contributed by atoms with E-state index in [2.05, 4.69) is 15.6 Å². The Kier molecular flexibility index (Phi) is 4.25. The van der Waals surface area contributed by atoms with E-state index >= 15 is 0 Å². The van der Waals surface area contributed by atoms with Gasteiger partial charge in [0.25, 0.3) is 0 Å². The summed E-state index contributed by atoms with van der Waals surface area (Å²) in [5.74, 6) is 0.837. The molecule has 0 radical (unpaired) electrons. The lowest BCUT2D eigenvalue weighted by molar-refractivity contribution is -0.115. The Labute approximate surface area is 129 Å². The number of aromatic nitrogens is 2. The summed E-state index contributed by atoms with van der Waals surface area (Å²) in [6.45, 7) is 9.90. The van der Waals surface area contributed by atoms with E-state index < -0.39 is 0 Å². The van der Waals surface area contributed by atoms with E-state index in [4.69, 9.17) is 9.05 Å². The monoisotopic (exact) mass is 306 g/mol. The highest BCUT2D eigenvalue weighted by Crippen LogP contribution is 2.24. The van der Waals surface area contributed by atoms with Crippen molar-refractivity contribution < 1.29 is 13.8 Å². The largest absolute Gasteiger partial charge is 0.361 e. The van der Waals surface area contributed by atoms with E-state index in [-0.39, 0.29) is 17.9 Å². The van der Waals surface area contributed by atoms with Gasteiger partial charge in [0.2, 0.25) is 11.8 Å². The summed E-state index contributed by atoms with van der Waals surface area (Å²) in [6.07, 6.45) is 0. The lowest BCUT2D eigenvalue weighted by atomic mass is 9.92.